The lowest BCUT2D eigenvalue weighted by atomic mass is 10.5. The lowest BCUT2D eigenvalue weighted by Crippen LogP contribution is -2.09. The molecule has 0 aromatic carbocycles. The monoisotopic (exact) mass is 320 g/mol. The van der Waals surface area contributed by atoms with E-state index in [1.54, 1.807) is 27.7 Å². The van der Waals surface area contributed by atoms with E-state index in [1.807, 2.05) is 0 Å². The summed E-state index contributed by atoms with van der Waals surface area (Å²) in [5.41, 5.74) is 0. The van der Waals surface area contributed by atoms with Crippen LogP contribution in [0.15, 0.2) is 20.5 Å². The van der Waals surface area contributed by atoms with Crippen LogP contribution in [-0.2, 0) is 9.47 Å². The van der Waals surface area contributed by atoms with Gasteiger partial charge in [-0.25, -0.2) is 19.2 Å². The summed E-state index contributed by atoms with van der Waals surface area (Å²) in [4.78, 5) is 40.3. The van der Waals surface area contributed by atoms with E-state index in [-0.39, 0.29) is 12.2 Å². The molecule has 0 aromatic heterocycles. The Hall–Kier alpha value is -2.92. The van der Waals surface area contributed by atoms with Crippen LogP contribution in [0.2, 0.25) is 0 Å². The van der Waals surface area contributed by atoms with Crippen LogP contribution in [0, 0.1) is 0 Å². The third kappa shape index (κ3) is 19.4. The van der Waals surface area contributed by atoms with Gasteiger partial charge in [0.05, 0.1) is 12.2 Å². The average Bonchev–Trinajstić information content (AvgIpc) is 2.33. The Morgan fingerprint density at radius 2 is 0.955 bits per heavy atom. The predicted octanol–water partition coefficient (Wildman–Crippen LogP) is 3.32. The molecule has 0 heterocycles. The fourth-order valence-corrected chi connectivity index (χ4v) is 0.618. The molecule has 0 aliphatic carbocycles. The zero-order valence-electron chi connectivity index (χ0n) is 12.3. The predicted molar refractivity (Wildman–Crippen MR) is 69.0 cm³/mol. The van der Waals surface area contributed by atoms with E-state index in [4.69, 9.17) is 10.2 Å². The molecule has 22 heavy (non-hydrogen) atoms. The maximum atomic E-state index is 10.8. The first-order valence-electron chi connectivity index (χ1n) is 5.75. The second kappa shape index (κ2) is 11.9. The van der Waals surface area contributed by atoms with Gasteiger partial charge >= 0.3 is 24.4 Å². The van der Waals surface area contributed by atoms with Crippen LogP contribution in [-0.4, -0.2) is 46.8 Å². The number of azo groups is 2. The van der Waals surface area contributed by atoms with Crippen molar-refractivity contribution in [1.82, 2.24) is 0 Å². The number of ether oxygens (including phenoxy) is 2. The van der Waals surface area contributed by atoms with Crippen molar-refractivity contribution in [3.8, 4) is 0 Å². The zero-order valence-corrected chi connectivity index (χ0v) is 12.3. The summed E-state index contributed by atoms with van der Waals surface area (Å²) in [6.45, 7) is 6.67. The highest BCUT2D eigenvalue weighted by molar-refractivity contribution is 5.73. The summed E-state index contributed by atoms with van der Waals surface area (Å²) in [7, 11) is 0. The molecule has 0 saturated heterocycles. The van der Waals surface area contributed by atoms with Gasteiger partial charge in [0.2, 0.25) is 0 Å². The zero-order chi connectivity index (χ0) is 17.7. The maximum Gasteiger partial charge on any atom is 0.452 e. The molecule has 0 rings (SSSR count). The summed E-state index contributed by atoms with van der Waals surface area (Å²) < 4.78 is 9.20. The highest BCUT2D eigenvalue weighted by atomic mass is 16.6. The van der Waals surface area contributed by atoms with Gasteiger partial charge in [-0.1, -0.05) is 20.5 Å². The molecular weight excluding hydrogens is 304 g/mol. The van der Waals surface area contributed by atoms with Gasteiger partial charge in [0.25, 0.3) is 0 Å². The first-order chi connectivity index (χ1) is 10.0. The molecule has 12 heteroatoms. The smallest absolute Gasteiger partial charge is 0.452 e. The van der Waals surface area contributed by atoms with E-state index in [1.165, 1.54) is 0 Å². The summed E-state index contributed by atoms with van der Waals surface area (Å²) in [6, 6.07) is 0. The maximum absolute atomic E-state index is 10.8. The molecule has 0 fully saturated rings. The van der Waals surface area contributed by atoms with Crippen molar-refractivity contribution in [2.24, 2.45) is 20.5 Å². The van der Waals surface area contributed by atoms with E-state index >= 15 is 0 Å². The van der Waals surface area contributed by atoms with Crippen molar-refractivity contribution in [3.63, 3.8) is 0 Å². The number of rotatable bonds is 2. The molecule has 0 spiro atoms. The fourth-order valence-electron chi connectivity index (χ4n) is 0.618. The number of carbonyl (C=O) groups is 4. The minimum absolute atomic E-state index is 0.289. The SMILES string of the molecule is CC(C)OC(=O)N=NC(=O)OC(C)C.O=C(O)N=NC(=O)O. The first-order valence-corrected chi connectivity index (χ1v) is 5.75. The van der Waals surface area contributed by atoms with Gasteiger partial charge in [0, 0.05) is 0 Å². The number of carbonyl (C=O) groups excluding carboxylic acids is 2. The summed E-state index contributed by atoms with van der Waals surface area (Å²) >= 11 is 0. The van der Waals surface area contributed by atoms with Gasteiger partial charge in [-0.3, -0.25) is 0 Å². The molecule has 124 valence electrons. The van der Waals surface area contributed by atoms with Crippen molar-refractivity contribution >= 4 is 24.4 Å². The lowest BCUT2D eigenvalue weighted by Gasteiger charge is -2.03. The van der Waals surface area contributed by atoms with Crippen molar-refractivity contribution in [1.29, 1.82) is 0 Å². The molecule has 0 bridgehead atoms. The molecule has 0 unspecified atom stereocenters. The third-order valence-corrected chi connectivity index (χ3v) is 1.11. The number of hydrogen-bond acceptors (Lipinski definition) is 6. The molecule has 2 N–H and O–H groups in total. The van der Waals surface area contributed by atoms with E-state index < -0.39 is 24.4 Å². The minimum Gasteiger partial charge on any atom is -0.462 e. The largest absolute Gasteiger partial charge is 0.462 e. The van der Waals surface area contributed by atoms with Crippen molar-refractivity contribution < 1.29 is 38.9 Å². The molecular formula is C10H16N4O8. The standard InChI is InChI=1S/C8H14N2O4.C2H2N2O4/c1-5(2)13-7(11)9-10-8(12)14-6(3)4;5-1(6)3-4-2(7)8/h5-6H,1-4H3;(H,5,6)(H,7,8). The molecule has 4 amide bonds. The normalized spacial score (nSPS) is 10.5. The van der Waals surface area contributed by atoms with Gasteiger partial charge in [-0.05, 0) is 27.7 Å². The van der Waals surface area contributed by atoms with Crippen molar-refractivity contribution in [2.75, 3.05) is 0 Å². The lowest BCUT2D eigenvalue weighted by molar-refractivity contribution is 0.115. The highest BCUT2D eigenvalue weighted by Gasteiger charge is 2.06. The molecule has 0 aliphatic heterocycles. The van der Waals surface area contributed by atoms with Gasteiger partial charge < -0.3 is 19.7 Å². The van der Waals surface area contributed by atoms with Crippen LogP contribution in [0.3, 0.4) is 0 Å². The van der Waals surface area contributed by atoms with Crippen molar-refractivity contribution in [3.05, 3.63) is 0 Å². The molecule has 0 atom stereocenters. The van der Waals surface area contributed by atoms with Gasteiger partial charge in [-0.15, -0.1) is 0 Å². The minimum atomic E-state index is -1.62. The van der Waals surface area contributed by atoms with Crippen LogP contribution < -0.4 is 0 Å². The molecule has 12 nitrogen and oxygen atoms in total. The Bertz CT molecular complexity index is 418. The van der Waals surface area contributed by atoms with E-state index in [2.05, 4.69) is 29.9 Å². The average molecular weight is 320 g/mol. The molecule has 0 radical (unpaired) electrons. The quantitative estimate of drug-likeness (QED) is 0.727. The number of carboxylic acid groups (broad SMARTS) is 2. The first kappa shape index (κ1) is 21.4. The van der Waals surface area contributed by atoms with Gasteiger partial charge in [0.1, 0.15) is 0 Å². The Labute approximate surface area is 124 Å². The van der Waals surface area contributed by atoms with E-state index in [0.29, 0.717) is 0 Å². The Morgan fingerprint density at radius 1 is 0.682 bits per heavy atom. The van der Waals surface area contributed by atoms with Crippen LogP contribution in [0.5, 0.6) is 0 Å². The molecule has 0 aromatic rings. The number of hydrogen-bond donors (Lipinski definition) is 2. The van der Waals surface area contributed by atoms with E-state index in [0.717, 1.165) is 0 Å². The van der Waals surface area contributed by atoms with Crippen LogP contribution in [0.1, 0.15) is 27.7 Å². The molecule has 0 saturated carbocycles. The highest BCUT2D eigenvalue weighted by Crippen LogP contribution is 1.96. The summed E-state index contributed by atoms with van der Waals surface area (Å²) in [5.74, 6) is 0. The third-order valence-electron chi connectivity index (χ3n) is 1.11. The van der Waals surface area contributed by atoms with Crippen LogP contribution in [0.25, 0.3) is 0 Å². The Balaban J connectivity index is 0. The Morgan fingerprint density at radius 3 is 1.14 bits per heavy atom. The summed E-state index contributed by atoms with van der Waals surface area (Å²) in [6.07, 6.45) is -5.62. The fraction of sp³-hybridized carbons (Fsp3) is 0.600. The topological polar surface area (TPSA) is 177 Å². The van der Waals surface area contributed by atoms with Gasteiger partial charge in [-0.2, -0.15) is 0 Å². The van der Waals surface area contributed by atoms with Crippen molar-refractivity contribution in [2.45, 2.75) is 39.9 Å². The summed E-state index contributed by atoms with van der Waals surface area (Å²) in [5, 5.41) is 25.8. The van der Waals surface area contributed by atoms with E-state index in [9.17, 15) is 19.2 Å². The molecule has 0 aliphatic rings. The number of amides is 4. The van der Waals surface area contributed by atoms with Gasteiger partial charge in [0.15, 0.2) is 0 Å². The van der Waals surface area contributed by atoms with Crippen LogP contribution in [0.4, 0.5) is 19.2 Å². The second-order valence-electron chi connectivity index (χ2n) is 3.83. The second-order valence-corrected chi connectivity index (χ2v) is 3.83. The Kier molecular flexibility index (Phi) is 11.5. The number of nitrogens with zero attached hydrogens (tertiary/aromatic N) is 4. The van der Waals surface area contributed by atoms with Crippen LogP contribution >= 0.6 is 0 Å².